The van der Waals surface area contributed by atoms with Gasteiger partial charge in [-0.15, -0.1) is 0 Å². The third kappa shape index (κ3) is 2.30. The molecule has 88 valence electrons. The van der Waals surface area contributed by atoms with Crippen molar-refractivity contribution in [2.45, 2.75) is 0 Å². The van der Waals surface area contributed by atoms with Crippen molar-refractivity contribution in [1.82, 2.24) is 0 Å². The molecule has 0 unspecified atom stereocenters. The molecule has 0 saturated carbocycles. The molecule has 17 heavy (non-hydrogen) atoms. The van der Waals surface area contributed by atoms with Crippen LogP contribution in [-0.2, 0) is 0 Å². The van der Waals surface area contributed by atoms with Crippen LogP contribution >= 0.6 is 0 Å². The highest BCUT2D eigenvalue weighted by Crippen LogP contribution is 2.31. The van der Waals surface area contributed by atoms with Crippen LogP contribution in [0.25, 0.3) is 11.3 Å². The summed E-state index contributed by atoms with van der Waals surface area (Å²) in [6.07, 6.45) is 1.37. The predicted molar refractivity (Wildman–Crippen MR) is 63.5 cm³/mol. The van der Waals surface area contributed by atoms with Crippen molar-refractivity contribution >= 4 is 0 Å². The van der Waals surface area contributed by atoms with Crippen LogP contribution in [0.3, 0.4) is 0 Å². The van der Waals surface area contributed by atoms with Crippen LogP contribution in [-0.4, -0.2) is 14.2 Å². The fraction of sp³-hybridized carbons (Fsp3) is 0.154. The van der Waals surface area contributed by atoms with E-state index in [-0.39, 0.29) is 5.43 Å². The van der Waals surface area contributed by atoms with Gasteiger partial charge in [0, 0.05) is 17.7 Å². The predicted octanol–water partition coefficient (Wildman–Crippen LogP) is 2.32. The summed E-state index contributed by atoms with van der Waals surface area (Å²) in [6.45, 7) is 0. The second-order valence-electron chi connectivity index (χ2n) is 3.40. The Hall–Kier alpha value is -2.23. The molecule has 4 nitrogen and oxygen atoms in total. The zero-order valence-electron chi connectivity index (χ0n) is 9.60. The molecule has 0 radical (unpaired) electrons. The third-order valence-electron chi connectivity index (χ3n) is 2.37. The van der Waals surface area contributed by atoms with Gasteiger partial charge >= 0.3 is 0 Å². The minimum absolute atomic E-state index is 0.0963. The smallest absolute Gasteiger partial charge is 0.185 e. The fourth-order valence-electron chi connectivity index (χ4n) is 1.53. The molecule has 0 aliphatic carbocycles. The van der Waals surface area contributed by atoms with Crippen LogP contribution in [0, 0.1) is 0 Å². The van der Waals surface area contributed by atoms with Crippen molar-refractivity contribution in [2.24, 2.45) is 0 Å². The molecule has 0 fully saturated rings. The first-order chi connectivity index (χ1) is 8.24. The normalized spacial score (nSPS) is 10.0. The van der Waals surface area contributed by atoms with Crippen LogP contribution in [0.5, 0.6) is 11.5 Å². The zero-order chi connectivity index (χ0) is 12.3. The summed E-state index contributed by atoms with van der Waals surface area (Å²) in [4.78, 5) is 11.2. The quantitative estimate of drug-likeness (QED) is 0.814. The number of benzene rings is 1. The number of hydrogen-bond donors (Lipinski definition) is 0. The van der Waals surface area contributed by atoms with Gasteiger partial charge in [0.25, 0.3) is 0 Å². The van der Waals surface area contributed by atoms with E-state index in [9.17, 15) is 4.79 Å². The Bertz CT molecular complexity index is 572. The summed E-state index contributed by atoms with van der Waals surface area (Å²) in [5, 5.41) is 0. The second-order valence-corrected chi connectivity index (χ2v) is 3.40. The highest BCUT2D eigenvalue weighted by atomic mass is 16.5. The van der Waals surface area contributed by atoms with E-state index in [1.807, 2.05) is 0 Å². The molecule has 0 aliphatic rings. The second kappa shape index (κ2) is 4.74. The maximum Gasteiger partial charge on any atom is 0.185 e. The van der Waals surface area contributed by atoms with Gasteiger partial charge in [-0.25, -0.2) is 0 Å². The van der Waals surface area contributed by atoms with Gasteiger partial charge in [0.1, 0.15) is 5.76 Å². The monoisotopic (exact) mass is 232 g/mol. The van der Waals surface area contributed by atoms with Crippen LogP contribution in [0.15, 0.2) is 45.8 Å². The molecule has 4 heteroatoms. The van der Waals surface area contributed by atoms with Crippen molar-refractivity contribution in [3.8, 4) is 22.8 Å². The fourth-order valence-corrected chi connectivity index (χ4v) is 1.53. The average molecular weight is 232 g/mol. The topological polar surface area (TPSA) is 48.7 Å². The lowest BCUT2D eigenvalue weighted by Crippen LogP contribution is -1.96. The van der Waals surface area contributed by atoms with Crippen molar-refractivity contribution in [3.05, 3.63) is 46.8 Å². The minimum atomic E-state index is -0.0963. The van der Waals surface area contributed by atoms with Crippen molar-refractivity contribution in [3.63, 3.8) is 0 Å². The molecule has 0 amide bonds. The average Bonchev–Trinajstić information content (AvgIpc) is 2.38. The lowest BCUT2D eigenvalue weighted by Gasteiger charge is -2.08. The molecular weight excluding hydrogens is 220 g/mol. The van der Waals surface area contributed by atoms with E-state index in [1.54, 1.807) is 32.4 Å². The Morgan fingerprint density at radius 2 is 1.76 bits per heavy atom. The number of rotatable bonds is 3. The van der Waals surface area contributed by atoms with Crippen LogP contribution < -0.4 is 14.9 Å². The van der Waals surface area contributed by atoms with Gasteiger partial charge < -0.3 is 13.9 Å². The maximum atomic E-state index is 11.2. The standard InChI is InChI=1S/C13H12O4/c1-15-11-4-3-9(7-13(11)16-2)12-8-10(14)5-6-17-12/h3-8H,1-2H3. The van der Waals surface area contributed by atoms with E-state index >= 15 is 0 Å². The van der Waals surface area contributed by atoms with Gasteiger partial charge in [-0.3, -0.25) is 4.79 Å². The van der Waals surface area contributed by atoms with E-state index < -0.39 is 0 Å². The van der Waals surface area contributed by atoms with Crippen LogP contribution in [0.2, 0.25) is 0 Å². The first-order valence-electron chi connectivity index (χ1n) is 5.06. The largest absolute Gasteiger partial charge is 0.493 e. The van der Waals surface area contributed by atoms with Gasteiger partial charge in [-0.05, 0) is 18.2 Å². The van der Waals surface area contributed by atoms with Gasteiger partial charge in [0.05, 0.1) is 20.5 Å². The molecule has 0 bridgehead atoms. The highest BCUT2D eigenvalue weighted by Gasteiger charge is 2.07. The molecule has 0 atom stereocenters. The Morgan fingerprint density at radius 1 is 1.00 bits per heavy atom. The molecule has 1 aromatic heterocycles. The molecule has 2 rings (SSSR count). The lowest BCUT2D eigenvalue weighted by molar-refractivity contribution is 0.355. The minimum Gasteiger partial charge on any atom is -0.493 e. The Morgan fingerprint density at radius 3 is 2.41 bits per heavy atom. The molecule has 0 saturated heterocycles. The Labute approximate surface area is 98.4 Å². The van der Waals surface area contributed by atoms with Crippen molar-refractivity contribution in [1.29, 1.82) is 0 Å². The van der Waals surface area contributed by atoms with E-state index in [0.717, 1.165) is 5.56 Å². The summed E-state index contributed by atoms with van der Waals surface area (Å²) < 4.78 is 15.6. The third-order valence-corrected chi connectivity index (χ3v) is 2.37. The van der Waals surface area contributed by atoms with Gasteiger partial charge in [-0.2, -0.15) is 0 Å². The van der Waals surface area contributed by atoms with Gasteiger partial charge in [-0.1, -0.05) is 0 Å². The van der Waals surface area contributed by atoms with Crippen LogP contribution in [0.4, 0.5) is 0 Å². The first-order valence-corrected chi connectivity index (χ1v) is 5.06. The molecule has 2 aromatic rings. The SMILES string of the molecule is COc1ccc(-c2cc(=O)cco2)cc1OC. The van der Waals surface area contributed by atoms with E-state index in [0.29, 0.717) is 17.3 Å². The van der Waals surface area contributed by atoms with Gasteiger partial charge in [0.15, 0.2) is 16.9 Å². The summed E-state index contributed by atoms with van der Waals surface area (Å²) in [6, 6.07) is 8.13. The molecule has 1 aromatic carbocycles. The summed E-state index contributed by atoms with van der Waals surface area (Å²) in [5.41, 5.74) is 0.668. The zero-order valence-corrected chi connectivity index (χ0v) is 9.60. The van der Waals surface area contributed by atoms with Crippen LogP contribution in [0.1, 0.15) is 0 Å². The number of methoxy groups -OCH3 is 2. The summed E-state index contributed by atoms with van der Waals surface area (Å²) in [7, 11) is 3.13. The van der Waals surface area contributed by atoms with Crippen molar-refractivity contribution < 1.29 is 13.9 Å². The van der Waals surface area contributed by atoms with Gasteiger partial charge in [0.2, 0.25) is 0 Å². The van der Waals surface area contributed by atoms with E-state index in [2.05, 4.69) is 0 Å². The lowest BCUT2D eigenvalue weighted by atomic mass is 10.1. The Kier molecular flexibility index (Phi) is 3.14. The molecule has 1 heterocycles. The molecule has 0 N–H and O–H groups in total. The number of hydrogen-bond acceptors (Lipinski definition) is 4. The van der Waals surface area contributed by atoms with Crippen molar-refractivity contribution in [2.75, 3.05) is 14.2 Å². The molecule has 0 aliphatic heterocycles. The first kappa shape index (κ1) is 11.3. The highest BCUT2D eigenvalue weighted by molar-refractivity contribution is 5.62. The molecular formula is C13H12O4. The summed E-state index contributed by atoms with van der Waals surface area (Å²) >= 11 is 0. The number of ether oxygens (including phenoxy) is 2. The Balaban J connectivity index is 2.50. The molecule has 0 spiro atoms. The van der Waals surface area contributed by atoms with E-state index in [4.69, 9.17) is 13.9 Å². The summed E-state index contributed by atoms with van der Waals surface area (Å²) in [5.74, 6) is 1.73. The maximum absolute atomic E-state index is 11.2. The van der Waals surface area contributed by atoms with E-state index in [1.165, 1.54) is 18.4 Å².